The van der Waals surface area contributed by atoms with Crippen LogP contribution in [0.3, 0.4) is 0 Å². The topological polar surface area (TPSA) is 43.4 Å². The summed E-state index contributed by atoms with van der Waals surface area (Å²) in [6.07, 6.45) is 1.30. The molecule has 1 aliphatic heterocycles. The molecule has 1 saturated heterocycles. The van der Waals surface area contributed by atoms with Crippen molar-refractivity contribution in [3.05, 3.63) is 18.2 Å². The lowest BCUT2D eigenvalue weighted by Gasteiger charge is -2.14. The number of nitrogens with zero attached hydrogens (tertiary/aromatic N) is 1. The summed E-state index contributed by atoms with van der Waals surface area (Å²) < 4.78 is 11.9. The standard InChI is InChI=1S/C13H16N2O2S/c1-8-10(5-6-17-8)14-13-15-11-4-3-9(16-2)7-12(11)18-13/h3-4,7-8,10H,5-6H2,1-2H3,(H,14,15). The Morgan fingerprint density at radius 2 is 2.39 bits per heavy atom. The zero-order valence-corrected chi connectivity index (χ0v) is 11.3. The van der Waals surface area contributed by atoms with E-state index < -0.39 is 0 Å². The van der Waals surface area contributed by atoms with E-state index in [1.54, 1.807) is 18.4 Å². The number of thiazole rings is 1. The van der Waals surface area contributed by atoms with Gasteiger partial charge in [0.2, 0.25) is 0 Å². The van der Waals surface area contributed by atoms with Gasteiger partial charge in [-0.1, -0.05) is 11.3 Å². The minimum atomic E-state index is 0.256. The predicted molar refractivity (Wildman–Crippen MR) is 73.6 cm³/mol. The zero-order chi connectivity index (χ0) is 12.5. The number of rotatable bonds is 3. The van der Waals surface area contributed by atoms with E-state index in [2.05, 4.69) is 17.2 Å². The van der Waals surface area contributed by atoms with E-state index in [4.69, 9.17) is 9.47 Å². The molecule has 2 unspecified atom stereocenters. The first-order valence-electron chi connectivity index (χ1n) is 6.09. The van der Waals surface area contributed by atoms with Gasteiger partial charge in [0.25, 0.3) is 0 Å². The molecule has 4 nitrogen and oxygen atoms in total. The summed E-state index contributed by atoms with van der Waals surface area (Å²) in [7, 11) is 1.68. The van der Waals surface area contributed by atoms with Gasteiger partial charge in [0.15, 0.2) is 5.13 Å². The van der Waals surface area contributed by atoms with Crippen LogP contribution in [0.15, 0.2) is 18.2 Å². The van der Waals surface area contributed by atoms with Gasteiger partial charge in [0, 0.05) is 6.61 Å². The van der Waals surface area contributed by atoms with E-state index in [1.807, 2.05) is 18.2 Å². The van der Waals surface area contributed by atoms with Crippen molar-refractivity contribution in [2.24, 2.45) is 0 Å². The molecule has 2 aromatic rings. The van der Waals surface area contributed by atoms with Gasteiger partial charge < -0.3 is 14.8 Å². The van der Waals surface area contributed by atoms with Crippen molar-refractivity contribution in [1.82, 2.24) is 4.98 Å². The Kier molecular flexibility index (Phi) is 3.09. The Bertz CT molecular complexity index is 555. The second-order valence-corrected chi connectivity index (χ2v) is 5.50. The molecule has 0 bridgehead atoms. The van der Waals surface area contributed by atoms with Gasteiger partial charge in [0.05, 0.1) is 29.5 Å². The average molecular weight is 264 g/mol. The molecule has 2 atom stereocenters. The fourth-order valence-electron chi connectivity index (χ4n) is 2.17. The summed E-state index contributed by atoms with van der Waals surface area (Å²) in [4.78, 5) is 4.58. The highest BCUT2D eigenvalue weighted by Crippen LogP contribution is 2.30. The summed E-state index contributed by atoms with van der Waals surface area (Å²) in [5, 5.41) is 4.42. The van der Waals surface area contributed by atoms with Crippen molar-refractivity contribution in [1.29, 1.82) is 0 Å². The number of hydrogen-bond acceptors (Lipinski definition) is 5. The van der Waals surface area contributed by atoms with Crippen LogP contribution in [0, 0.1) is 0 Å². The first-order valence-corrected chi connectivity index (χ1v) is 6.90. The van der Waals surface area contributed by atoms with Crippen molar-refractivity contribution in [3.8, 4) is 5.75 Å². The van der Waals surface area contributed by atoms with Crippen molar-refractivity contribution in [2.45, 2.75) is 25.5 Å². The average Bonchev–Trinajstić information content (AvgIpc) is 2.95. The van der Waals surface area contributed by atoms with Crippen molar-refractivity contribution in [3.63, 3.8) is 0 Å². The maximum atomic E-state index is 5.54. The van der Waals surface area contributed by atoms with Gasteiger partial charge in [-0.15, -0.1) is 0 Å². The Morgan fingerprint density at radius 1 is 1.50 bits per heavy atom. The van der Waals surface area contributed by atoms with Gasteiger partial charge >= 0.3 is 0 Å². The molecule has 1 N–H and O–H groups in total. The highest BCUT2D eigenvalue weighted by molar-refractivity contribution is 7.22. The van der Waals surface area contributed by atoms with Crippen LogP contribution in [0.2, 0.25) is 0 Å². The lowest BCUT2D eigenvalue weighted by Crippen LogP contribution is -2.26. The fourth-order valence-corrected chi connectivity index (χ4v) is 3.13. The van der Waals surface area contributed by atoms with Crippen LogP contribution in [0.5, 0.6) is 5.75 Å². The number of nitrogens with one attached hydrogen (secondary N) is 1. The summed E-state index contributed by atoms with van der Waals surface area (Å²) in [5.41, 5.74) is 1.01. The number of benzene rings is 1. The normalized spacial score (nSPS) is 23.4. The number of hydrogen-bond donors (Lipinski definition) is 1. The third kappa shape index (κ3) is 2.15. The quantitative estimate of drug-likeness (QED) is 0.925. The van der Waals surface area contributed by atoms with E-state index in [-0.39, 0.29) is 6.10 Å². The van der Waals surface area contributed by atoms with Gasteiger partial charge in [0.1, 0.15) is 5.75 Å². The number of anilines is 1. The summed E-state index contributed by atoms with van der Waals surface area (Å²) in [6, 6.07) is 6.32. The van der Waals surface area contributed by atoms with Crippen LogP contribution in [-0.2, 0) is 4.74 Å². The smallest absolute Gasteiger partial charge is 0.184 e. The highest BCUT2D eigenvalue weighted by atomic mass is 32.1. The molecule has 96 valence electrons. The minimum absolute atomic E-state index is 0.256. The largest absolute Gasteiger partial charge is 0.497 e. The monoisotopic (exact) mass is 264 g/mol. The van der Waals surface area contributed by atoms with E-state index in [1.165, 1.54) is 0 Å². The molecule has 2 heterocycles. The highest BCUT2D eigenvalue weighted by Gasteiger charge is 2.24. The third-order valence-corrected chi connectivity index (χ3v) is 4.23. The maximum absolute atomic E-state index is 5.54. The van der Waals surface area contributed by atoms with Gasteiger partial charge in [-0.25, -0.2) is 4.98 Å². The number of aromatic nitrogens is 1. The van der Waals surface area contributed by atoms with Crippen LogP contribution >= 0.6 is 11.3 Å². The molecule has 1 fully saturated rings. The van der Waals surface area contributed by atoms with E-state index >= 15 is 0 Å². The molecular formula is C13H16N2O2S. The Labute approximate surface area is 110 Å². The van der Waals surface area contributed by atoms with Crippen molar-refractivity contribution in [2.75, 3.05) is 19.0 Å². The van der Waals surface area contributed by atoms with Crippen molar-refractivity contribution >= 4 is 26.7 Å². The van der Waals surface area contributed by atoms with Crippen LogP contribution in [0.4, 0.5) is 5.13 Å². The first kappa shape index (κ1) is 11.7. The SMILES string of the molecule is COc1ccc2nc(NC3CCOC3C)sc2c1. The Morgan fingerprint density at radius 3 is 3.11 bits per heavy atom. The molecular weight excluding hydrogens is 248 g/mol. The second kappa shape index (κ2) is 4.74. The van der Waals surface area contributed by atoms with E-state index in [9.17, 15) is 0 Å². The summed E-state index contributed by atoms with van der Waals surface area (Å²) in [5.74, 6) is 0.871. The van der Waals surface area contributed by atoms with Gasteiger partial charge in [-0.05, 0) is 31.5 Å². The molecule has 1 aromatic carbocycles. The molecule has 0 aliphatic carbocycles. The Hall–Kier alpha value is -1.33. The Balaban J connectivity index is 1.84. The molecule has 5 heteroatoms. The van der Waals surface area contributed by atoms with Crippen molar-refractivity contribution < 1.29 is 9.47 Å². The molecule has 3 rings (SSSR count). The molecule has 0 amide bonds. The third-order valence-electron chi connectivity index (χ3n) is 3.28. The molecule has 0 spiro atoms. The zero-order valence-electron chi connectivity index (χ0n) is 10.5. The second-order valence-electron chi connectivity index (χ2n) is 4.47. The lowest BCUT2D eigenvalue weighted by atomic mass is 10.2. The first-order chi connectivity index (χ1) is 8.76. The molecule has 0 radical (unpaired) electrons. The van der Waals surface area contributed by atoms with Crippen LogP contribution in [0.25, 0.3) is 10.2 Å². The van der Waals surface area contributed by atoms with Gasteiger partial charge in [-0.2, -0.15) is 0 Å². The molecule has 1 aliphatic rings. The van der Waals surface area contributed by atoms with Crippen LogP contribution in [-0.4, -0.2) is 30.8 Å². The number of ether oxygens (including phenoxy) is 2. The molecule has 18 heavy (non-hydrogen) atoms. The fraction of sp³-hybridized carbons (Fsp3) is 0.462. The van der Waals surface area contributed by atoms with Crippen LogP contribution < -0.4 is 10.1 Å². The number of fused-ring (bicyclic) bond motifs is 1. The molecule has 0 saturated carbocycles. The van der Waals surface area contributed by atoms with E-state index in [0.717, 1.165) is 34.1 Å². The minimum Gasteiger partial charge on any atom is -0.497 e. The lowest BCUT2D eigenvalue weighted by molar-refractivity contribution is 0.121. The summed E-state index contributed by atoms with van der Waals surface area (Å²) in [6.45, 7) is 2.93. The maximum Gasteiger partial charge on any atom is 0.184 e. The predicted octanol–water partition coefficient (Wildman–Crippen LogP) is 2.89. The van der Waals surface area contributed by atoms with Crippen LogP contribution in [0.1, 0.15) is 13.3 Å². The number of methoxy groups -OCH3 is 1. The van der Waals surface area contributed by atoms with E-state index in [0.29, 0.717) is 6.04 Å². The van der Waals surface area contributed by atoms with Gasteiger partial charge in [-0.3, -0.25) is 0 Å². The molecule has 1 aromatic heterocycles. The summed E-state index contributed by atoms with van der Waals surface area (Å²) >= 11 is 1.66.